The fourth-order valence-corrected chi connectivity index (χ4v) is 2.42. The number of nitrogens with one attached hydrogen (secondary N) is 1. The topological polar surface area (TPSA) is 64.3 Å². The standard InChI is InChI=1S/C14H20N2O2.ClH/c1-3-14(7-4-8-14)13(17)16-10-5-6-12(18-2)11(15)9-10;/h5-6,9H,3-4,7-8,15H2,1-2H3,(H,16,17);1H. The minimum absolute atomic E-state index is 0. The van der Waals surface area contributed by atoms with Crippen molar-refractivity contribution in [3.05, 3.63) is 18.2 Å². The minimum Gasteiger partial charge on any atom is -0.495 e. The molecule has 0 heterocycles. The average Bonchev–Trinajstić information content (AvgIpc) is 2.28. The van der Waals surface area contributed by atoms with Crippen molar-refractivity contribution >= 4 is 29.7 Å². The maximum atomic E-state index is 12.2. The van der Waals surface area contributed by atoms with E-state index in [2.05, 4.69) is 12.2 Å². The summed E-state index contributed by atoms with van der Waals surface area (Å²) in [5.41, 5.74) is 6.93. The van der Waals surface area contributed by atoms with E-state index in [1.807, 2.05) is 6.07 Å². The van der Waals surface area contributed by atoms with Gasteiger partial charge in [0.2, 0.25) is 5.91 Å². The maximum Gasteiger partial charge on any atom is 0.230 e. The lowest BCUT2D eigenvalue weighted by molar-refractivity contribution is -0.130. The quantitative estimate of drug-likeness (QED) is 0.835. The molecular weight excluding hydrogens is 264 g/mol. The molecule has 0 aromatic heterocycles. The molecular formula is C14H21ClN2O2. The number of anilines is 2. The molecule has 0 radical (unpaired) electrons. The summed E-state index contributed by atoms with van der Waals surface area (Å²) in [5, 5.41) is 2.95. The number of benzene rings is 1. The summed E-state index contributed by atoms with van der Waals surface area (Å²) in [7, 11) is 1.57. The van der Waals surface area contributed by atoms with Gasteiger partial charge in [0.15, 0.2) is 0 Å². The Morgan fingerprint density at radius 2 is 2.16 bits per heavy atom. The number of amides is 1. The van der Waals surface area contributed by atoms with Gasteiger partial charge in [0.25, 0.3) is 0 Å². The third-order valence-corrected chi connectivity index (χ3v) is 3.96. The van der Waals surface area contributed by atoms with Gasteiger partial charge in [-0.05, 0) is 37.5 Å². The van der Waals surface area contributed by atoms with E-state index in [0.29, 0.717) is 11.4 Å². The lowest BCUT2D eigenvalue weighted by Gasteiger charge is -2.39. The lowest BCUT2D eigenvalue weighted by Crippen LogP contribution is -2.41. The van der Waals surface area contributed by atoms with E-state index in [-0.39, 0.29) is 23.7 Å². The molecule has 1 fully saturated rings. The smallest absolute Gasteiger partial charge is 0.230 e. The average molecular weight is 285 g/mol. The van der Waals surface area contributed by atoms with Crippen LogP contribution in [0.1, 0.15) is 32.6 Å². The SMILES string of the molecule is CCC1(C(=O)Nc2ccc(OC)c(N)c2)CCC1.Cl. The van der Waals surface area contributed by atoms with Crippen LogP contribution >= 0.6 is 12.4 Å². The normalized spacial score (nSPS) is 15.9. The van der Waals surface area contributed by atoms with Gasteiger partial charge in [-0.25, -0.2) is 0 Å². The highest BCUT2D eigenvalue weighted by atomic mass is 35.5. The maximum absolute atomic E-state index is 12.2. The summed E-state index contributed by atoms with van der Waals surface area (Å²) in [6, 6.07) is 5.32. The number of carbonyl (C=O) groups is 1. The Balaban J connectivity index is 0.00000180. The van der Waals surface area contributed by atoms with Gasteiger partial charge in [-0.2, -0.15) is 0 Å². The number of hydrogen-bond donors (Lipinski definition) is 2. The summed E-state index contributed by atoms with van der Waals surface area (Å²) >= 11 is 0. The summed E-state index contributed by atoms with van der Waals surface area (Å²) in [4.78, 5) is 12.2. The van der Waals surface area contributed by atoms with Gasteiger partial charge < -0.3 is 15.8 Å². The van der Waals surface area contributed by atoms with E-state index >= 15 is 0 Å². The summed E-state index contributed by atoms with van der Waals surface area (Å²) in [6.45, 7) is 2.07. The summed E-state index contributed by atoms with van der Waals surface area (Å²) in [6.07, 6.45) is 4.01. The van der Waals surface area contributed by atoms with Gasteiger partial charge in [-0.1, -0.05) is 13.3 Å². The van der Waals surface area contributed by atoms with Crippen LogP contribution in [-0.4, -0.2) is 13.0 Å². The van der Waals surface area contributed by atoms with Crippen molar-refractivity contribution in [1.82, 2.24) is 0 Å². The molecule has 19 heavy (non-hydrogen) atoms. The second kappa shape index (κ2) is 6.15. The van der Waals surface area contributed by atoms with E-state index in [9.17, 15) is 4.79 Å². The number of rotatable bonds is 4. The predicted molar refractivity (Wildman–Crippen MR) is 79.9 cm³/mol. The molecule has 0 saturated heterocycles. The second-order valence-corrected chi connectivity index (χ2v) is 4.90. The Labute approximate surface area is 120 Å². The molecule has 2 rings (SSSR count). The van der Waals surface area contributed by atoms with Gasteiger partial charge in [-0.15, -0.1) is 12.4 Å². The largest absolute Gasteiger partial charge is 0.495 e. The third kappa shape index (κ3) is 2.95. The van der Waals surface area contributed by atoms with Gasteiger partial charge in [-0.3, -0.25) is 4.79 Å². The van der Waals surface area contributed by atoms with E-state index < -0.39 is 0 Å². The molecule has 0 atom stereocenters. The van der Waals surface area contributed by atoms with Crippen LogP contribution in [0.15, 0.2) is 18.2 Å². The molecule has 1 aliphatic rings. The molecule has 0 spiro atoms. The van der Waals surface area contributed by atoms with Crippen LogP contribution < -0.4 is 15.8 Å². The number of hydrogen-bond acceptors (Lipinski definition) is 3. The highest BCUT2D eigenvalue weighted by molar-refractivity contribution is 5.96. The van der Waals surface area contributed by atoms with Gasteiger partial charge in [0.05, 0.1) is 12.8 Å². The molecule has 106 valence electrons. The monoisotopic (exact) mass is 284 g/mol. The fraction of sp³-hybridized carbons (Fsp3) is 0.500. The Morgan fingerprint density at radius 1 is 1.47 bits per heavy atom. The van der Waals surface area contributed by atoms with Crippen molar-refractivity contribution in [3.8, 4) is 5.75 Å². The first-order chi connectivity index (χ1) is 8.61. The molecule has 4 nitrogen and oxygen atoms in total. The number of methoxy groups -OCH3 is 1. The number of nitrogens with two attached hydrogens (primary N) is 1. The lowest BCUT2D eigenvalue weighted by atomic mass is 9.66. The second-order valence-electron chi connectivity index (χ2n) is 4.90. The summed E-state index contributed by atoms with van der Waals surface area (Å²) in [5.74, 6) is 0.739. The molecule has 1 aliphatic carbocycles. The van der Waals surface area contributed by atoms with E-state index in [4.69, 9.17) is 10.5 Å². The van der Waals surface area contributed by atoms with Crippen molar-refractivity contribution in [2.45, 2.75) is 32.6 Å². The highest BCUT2D eigenvalue weighted by Crippen LogP contribution is 2.44. The van der Waals surface area contributed by atoms with Gasteiger partial charge in [0, 0.05) is 11.1 Å². The predicted octanol–water partition coefficient (Wildman–Crippen LogP) is 3.22. The molecule has 1 aromatic rings. The molecule has 0 unspecified atom stereocenters. The van der Waals surface area contributed by atoms with Crippen molar-refractivity contribution in [1.29, 1.82) is 0 Å². The van der Waals surface area contributed by atoms with Crippen LogP contribution in [0.3, 0.4) is 0 Å². The number of nitrogen functional groups attached to an aromatic ring is 1. The van der Waals surface area contributed by atoms with E-state index in [1.54, 1.807) is 19.2 Å². The Kier molecular flexibility index (Phi) is 5.06. The number of halogens is 1. The molecule has 5 heteroatoms. The van der Waals surface area contributed by atoms with Crippen LogP contribution in [0.5, 0.6) is 5.75 Å². The van der Waals surface area contributed by atoms with Crippen molar-refractivity contribution < 1.29 is 9.53 Å². The van der Waals surface area contributed by atoms with E-state index in [1.165, 1.54) is 0 Å². The van der Waals surface area contributed by atoms with Crippen LogP contribution in [0, 0.1) is 5.41 Å². The van der Waals surface area contributed by atoms with Crippen LogP contribution in [0.25, 0.3) is 0 Å². The van der Waals surface area contributed by atoms with Crippen LogP contribution in [0.4, 0.5) is 11.4 Å². The van der Waals surface area contributed by atoms with E-state index in [0.717, 1.165) is 31.4 Å². The Bertz CT molecular complexity index is 453. The first-order valence-electron chi connectivity index (χ1n) is 6.36. The minimum atomic E-state index is -0.158. The molecule has 1 amide bonds. The first-order valence-corrected chi connectivity index (χ1v) is 6.36. The zero-order chi connectivity index (χ0) is 13.2. The first kappa shape index (κ1) is 15.6. The Morgan fingerprint density at radius 3 is 2.58 bits per heavy atom. The van der Waals surface area contributed by atoms with Gasteiger partial charge in [0.1, 0.15) is 5.75 Å². The summed E-state index contributed by atoms with van der Waals surface area (Å²) < 4.78 is 5.09. The molecule has 1 aromatic carbocycles. The Hall–Kier alpha value is -1.42. The third-order valence-electron chi connectivity index (χ3n) is 3.96. The van der Waals surface area contributed by atoms with Crippen molar-refractivity contribution in [2.75, 3.05) is 18.2 Å². The van der Waals surface area contributed by atoms with Crippen molar-refractivity contribution in [3.63, 3.8) is 0 Å². The number of ether oxygens (including phenoxy) is 1. The molecule has 3 N–H and O–H groups in total. The molecule has 0 bridgehead atoms. The van der Waals surface area contributed by atoms with Gasteiger partial charge >= 0.3 is 0 Å². The zero-order valence-corrected chi connectivity index (χ0v) is 12.2. The van der Waals surface area contributed by atoms with Crippen LogP contribution in [0.2, 0.25) is 0 Å². The van der Waals surface area contributed by atoms with Crippen molar-refractivity contribution in [2.24, 2.45) is 5.41 Å². The fourth-order valence-electron chi connectivity index (χ4n) is 2.42. The molecule has 1 saturated carbocycles. The highest BCUT2D eigenvalue weighted by Gasteiger charge is 2.42. The zero-order valence-electron chi connectivity index (χ0n) is 11.4. The molecule has 0 aliphatic heterocycles. The van der Waals surface area contributed by atoms with Crippen LogP contribution in [-0.2, 0) is 4.79 Å². The number of carbonyl (C=O) groups excluding carboxylic acids is 1.